The molecule has 0 unspecified atom stereocenters. The highest BCUT2D eigenvalue weighted by molar-refractivity contribution is 5.82. The first kappa shape index (κ1) is 16.2. The van der Waals surface area contributed by atoms with Crippen LogP contribution in [0, 0.1) is 0 Å². The van der Waals surface area contributed by atoms with Crippen LogP contribution in [0.15, 0.2) is 0 Å². The molecular weight excluding hydrogens is 268 g/mol. The summed E-state index contributed by atoms with van der Waals surface area (Å²) in [6.45, 7) is 3.37. The molecule has 2 atom stereocenters. The largest absolute Gasteiger partial charge is 0.355 e. The Morgan fingerprint density at radius 2 is 1.29 bits per heavy atom. The molecule has 6 nitrogen and oxygen atoms in total. The number of carbonyl (C=O) groups is 2. The summed E-state index contributed by atoms with van der Waals surface area (Å²) < 4.78 is 0. The predicted molar refractivity (Wildman–Crippen MR) is 81.9 cm³/mol. The van der Waals surface area contributed by atoms with Gasteiger partial charge >= 0.3 is 0 Å². The third-order valence-electron chi connectivity index (χ3n) is 4.21. The van der Waals surface area contributed by atoms with Crippen LogP contribution in [0.4, 0.5) is 0 Å². The molecule has 0 aromatic rings. The van der Waals surface area contributed by atoms with Crippen LogP contribution in [-0.4, -0.2) is 50.1 Å². The highest BCUT2D eigenvalue weighted by Gasteiger charge is 2.22. The zero-order valence-electron chi connectivity index (χ0n) is 12.7. The van der Waals surface area contributed by atoms with Gasteiger partial charge in [0.2, 0.25) is 11.8 Å². The van der Waals surface area contributed by atoms with Crippen molar-refractivity contribution in [3.63, 3.8) is 0 Å². The van der Waals surface area contributed by atoms with Crippen LogP contribution in [-0.2, 0) is 9.59 Å². The van der Waals surface area contributed by atoms with E-state index in [1.807, 2.05) is 0 Å². The Hall–Kier alpha value is -1.14. The Labute approximate surface area is 126 Å². The average Bonchev–Trinajstić information content (AvgIpc) is 3.18. The highest BCUT2D eigenvalue weighted by Crippen LogP contribution is 2.05. The fourth-order valence-electron chi connectivity index (χ4n) is 2.91. The number of amides is 2. The van der Waals surface area contributed by atoms with Gasteiger partial charge in [0.1, 0.15) is 0 Å². The topological polar surface area (TPSA) is 82.3 Å². The van der Waals surface area contributed by atoms with E-state index >= 15 is 0 Å². The first-order valence-corrected chi connectivity index (χ1v) is 8.29. The van der Waals surface area contributed by atoms with E-state index in [1.165, 1.54) is 0 Å². The van der Waals surface area contributed by atoms with E-state index in [9.17, 15) is 9.59 Å². The fraction of sp³-hybridized carbons (Fsp3) is 0.867. The maximum absolute atomic E-state index is 11.7. The Morgan fingerprint density at radius 3 is 1.67 bits per heavy atom. The van der Waals surface area contributed by atoms with Crippen molar-refractivity contribution in [2.75, 3.05) is 26.2 Å². The molecule has 2 saturated heterocycles. The van der Waals surface area contributed by atoms with Gasteiger partial charge in [-0.1, -0.05) is 0 Å². The van der Waals surface area contributed by atoms with Crippen LogP contribution >= 0.6 is 0 Å². The van der Waals surface area contributed by atoms with Crippen LogP contribution < -0.4 is 21.3 Å². The molecule has 2 aliphatic rings. The quantitative estimate of drug-likeness (QED) is 0.471. The number of hydrogen-bond donors (Lipinski definition) is 4. The lowest BCUT2D eigenvalue weighted by Crippen LogP contribution is -2.41. The van der Waals surface area contributed by atoms with E-state index in [-0.39, 0.29) is 23.9 Å². The van der Waals surface area contributed by atoms with Gasteiger partial charge in [-0.25, -0.2) is 0 Å². The minimum Gasteiger partial charge on any atom is -0.355 e. The molecule has 2 amide bonds. The lowest BCUT2D eigenvalue weighted by atomic mass is 10.2. The van der Waals surface area contributed by atoms with Crippen molar-refractivity contribution >= 4 is 11.8 Å². The molecule has 2 heterocycles. The monoisotopic (exact) mass is 296 g/mol. The molecule has 0 bridgehead atoms. The highest BCUT2D eigenvalue weighted by atomic mass is 16.2. The maximum Gasteiger partial charge on any atom is 0.237 e. The summed E-state index contributed by atoms with van der Waals surface area (Å²) in [5.41, 5.74) is 0. The molecule has 21 heavy (non-hydrogen) atoms. The molecule has 6 heteroatoms. The van der Waals surface area contributed by atoms with Gasteiger partial charge in [0.25, 0.3) is 0 Å². The molecule has 2 fully saturated rings. The molecule has 2 rings (SSSR count). The molecule has 120 valence electrons. The van der Waals surface area contributed by atoms with Crippen molar-refractivity contribution in [3.8, 4) is 0 Å². The lowest BCUT2D eigenvalue weighted by Gasteiger charge is -2.12. The summed E-state index contributed by atoms with van der Waals surface area (Å²) in [6, 6.07) is 0.0337. The third-order valence-corrected chi connectivity index (χ3v) is 4.21. The standard InChI is InChI=1S/C15H28N4O2/c20-14(12-6-4-10-16-12)18-8-2-1-3-9-19-15(21)13-7-5-11-17-13/h12-13,16-17H,1-11H2,(H,18,20)(H,19,21)/t12-,13-/m0/s1. The summed E-state index contributed by atoms with van der Waals surface area (Å²) in [4.78, 5) is 23.5. The van der Waals surface area contributed by atoms with E-state index in [0.29, 0.717) is 0 Å². The normalized spacial score (nSPS) is 25.0. The smallest absolute Gasteiger partial charge is 0.237 e. The Bertz CT molecular complexity index is 305. The van der Waals surface area contributed by atoms with Gasteiger partial charge in [-0.3, -0.25) is 9.59 Å². The first-order chi connectivity index (χ1) is 10.3. The van der Waals surface area contributed by atoms with Crippen molar-refractivity contribution in [2.24, 2.45) is 0 Å². The van der Waals surface area contributed by atoms with E-state index in [2.05, 4.69) is 21.3 Å². The van der Waals surface area contributed by atoms with Crippen molar-refractivity contribution in [1.82, 2.24) is 21.3 Å². The van der Waals surface area contributed by atoms with Gasteiger partial charge < -0.3 is 21.3 Å². The van der Waals surface area contributed by atoms with Crippen molar-refractivity contribution < 1.29 is 9.59 Å². The van der Waals surface area contributed by atoms with Gasteiger partial charge in [0, 0.05) is 13.1 Å². The van der Waals surface area contributed by atoms with Crippen LogP contribution in [0.1, 0.15) is 44.9 Å². The Balaban J connectivity index is 1.41. The molecule has 0 aromatic heterocycles. The predicted octanol–water partition coefficient (Wildman–Crippen LogP) is -0.107. The molecule has 0 aromatic carbocycles. The summed E-state index contributed by atoms with van der Waals surface area (Å²) in [7, 11) is 0. The summed E-state index contributed by atoms with van der Waals surface area (Å²) in [6.07, 6.45) is 7.05. The van der Waals surface area contributed by atoms with E-state index in [1.54, 1.807) is 0 Å². The second-order valence-corrected chi connectivity index (χ2v) is 5.94. The number of carbonyl (C=O) groups excluding carboxylic acids is 2. The van der Waals surface area contributed by atoms with Crippen LogP contribution in [0.3, 0.4) is 0 Å². The molecule has 2 aliphatic heterocycles. The van der Waals surface area contributed by atoms with E-state index in [0.717, 1.165) is 71.1 Å². The molecular formula is C15H28N4O2. The second-order valence-electron chi connectivity index (χ2n) is 5.94. The SMILES string of the molecule is O=C(NCCCCCNC(=O)[C@@H]1CCCN1)[C@@H]1CCCN1. The van der Waals surface area contributed by atoms with Crippen LogP contribution in [0.25, 0.3) is 0 Å². The molecule has 0 aliphatic carbocycles. The molecule has 0 spiro atoms. The first-order valence-electron chi connectivity index (χ1n) is 8.29. The van der Waals surface area contributed by atoms with E-state index < -0.39 is 0 Å². The molecule has 0 saturated carbocycles. The van der Waals surface area contributed by atoms with E-state index in [4.69, 9.17) is 0 Å². The van der Waals surface area contributed by atoms with Crippen molar-refractivity contribution in [1.29, 1.82) is 0 Å². The Kier molecular flexibility index (Phi) is 6.95. The summed E-state index contributed by atoms with van der Waals surface area (Å²) in [5.74, 6) is 0.265. The molecule has 4 N–H and O–H groups in total. The van der Waals surface area contributed by atoms with Gasteiger partial charge in [-0.05, 0) is 58.0 Å². The zero-order chi connectivity index (χ0) is 14.9. The minimum absolute atomic E-state index is 0.0169. The third kappa shape index (κ3) is 5.63. The molecule has 0 radical (unpaired) electrons. The van der Waals surface area contributed by atoms with Gasteiger partial charge in [0.15, 0.2) is 0 Å². The maximum atomic E-state index is 11.7. The second kappa shape index (κ2) is 9.00. The van der Waals surface area contributed by atoms with Crippen LogP contribution in [0.2, 0.25) is 0 Å². The summed E-state index contributed by atoms with van der Waals surface area (Å²) >= 11 is 0. The van der Waals surface area contributed by atoms with Crippen molar-refractivity contribution in [2.45, 2.75) is 57.0 Å². The van der Waals surface area contributed by atoms with Gasteiger partial charge in [0.05, 0.1) is 12.1 Å². The van der Waals surface area contributed by atoms with Crippen molar-refractivity contribution in [3.05, 3.63) is 0 Å². The number of hydrogen-bond acceptors (Lipinski definition) is 4. The van der Waals surface area contributed by atoms with Crippen LogP contribution in [0.5, 0.6) is 0 Å². The lowest BCUT2D eigenvalue weighted by molar-refractivity contribution is -0.123. The summed E-state index contributed by atoms with van der Waals surface area (Å²) in [5, 5.41) is 12.3. The minimum atomic E-state index is 0.0169. The number of rotatable bonds is 8. The van der Waals surface area contributed by atoms with Gasteiger partial charge in [-0.2, -0.15) is 0 Å². The fourth-order valence-corrected chi connectivity index (χ4v) is 2.91. The zero-order valence-corrected chi connectivity index (χ0v) is 12.7. The average molecular weight is 296 g/mol. The number of nitrogens with one attached hydrogen (secondary N) is 4. The van der Waals surface area contributed by atoms with Gasteiger partial charge in [-0.15, -0.1) is 0 Å². The Morgan fingerprint density at radius 1 is 0.810 bits per heavy atom. The number of unbranched alkanes of at least 4 members (excludes halogenated alkanes) is 2.